The zero-order valence-corrected chi connectivity index (χ0v) is 22.5. The highest BCUT2D eigenvalue weighted by Gasteiger charge is 2.29. The SMILES string of the molecule is Cc1[nH]c2ccccc2c1COc1ccc(C(=O)NCC(C(=O)NO)N2CCCC(CN(C)C)CC2)cc1. The number of carbonyl (C=O) groups excluding carboxylic acids is 2. The third-order valence-electron chi connectivity index (χ3n) is 7.34. The van der Waals surface area contributed by atoms with Gasteiger partial charge < -0.3 is 19.9 Å². The highest BCUT2D eigenvalue weighted by molar-refractivity contribution is 5.94. The molecule has 2 heterocycles. The molecule has 2 aromatic carbocycles. The van der Waals surface area contributed by atoms with Crippen LogP contribution in [0.5, 0.6) is 5.75 Å². The first-order valence-electron chi connectivity index (χ1n) is 13.3. The van der Waals surface area contributed by atoms with E-state index in [9.17, 15) is 14.8 Å². The van der Waals surface area contributed by atoms with E-state index in [0.717, 1.165) is 61.1 Å². The summed E-state index contributed by atoms with van der Waals surface area (Å²) in [5, 5.41) is 13.3. The molecular formula is C29H39N5O4. The summed E-state index contributed by atoms with van der Waals surface area (Å²) < 4.78 is 6.00. The molecule has 1 aromatic heterocycles. The molecule has 38 heavy (non-hydrogen) atoms. The lowest BCUT2D eigenvalue weighted by molar-refractivity contribution is -0.134. The van der Waals surface area contributed by atoms with Crippen molar-refractivity contribution in [1.82, 2.24) is 25.6 Å². The summed E-state index contributed by atoms with van der Waals surface area (Å²) in [6, 6.07) is 14.5. The number of amides is 2. The number of aromatic amines is 1. The molecule has 4 rings (SSSR count). The summed E-state index contributed by atoms with van der Waals surface area (Å²) in [5.74, 6) is 0.455. The predicted molar refractivity (Wildman–Crippen MR) is 147 cm³/mol. The quantitative estimate of drug-likeness (QED) is 0.241. The third kappa shape index (κ3) is 6.92. The molecule has 1 aliphatic rings. The molecular weight excluding hydrogens is 482 g/mol. The van der Waals surface area contributed by atoms with Crippen LogP contribution in [0, 0.1) is 12.8 Å². The van der Waals surface area contributed by atoms with Crippen molar-refractivity contribution in [2.24, 2.45) is 5.92 Å². The molecule has 0 spiro atoms. The van der Waals surface area contributed by atoms with Crippen molar-refractivity contribution in [2.75, 3.05) is 40.3 Å². The Morgan fingerprint density at radius 3 is 2.63 bits per heavy atom. The smallest absolute Gasteiger partial charge is 0.262 e. The fourth-order valence-corrected chi connectivity index (χ4v) is 5.33. The zero-order chi connectivity index (χ0) is 27.1. The lowest BCUT2D eigenvalue weighted by Crippen LogP contribution is -2.52. The second-order valence-electron chi connectivity index (χ2n) is 10.4. The second kappa shape index (κ2) is 12.9. The standard InChI is InChI=1S/C29H39N5O4/c1-20-25(24-8-4-5-9-26(24)31-20)19-38-23-12-10-22(11-13-23)28(35)30-17-27(29(36)32-37)34-15-6-7-21(14-16-34)18-33(2)3/h4-5,8-13,21,27,31,37H,6-7,14-19H2,1-3H3,(H,30,35)(H,32,36). The van der Waals surface area contributed by atoms with Crippen molar-refractivity contribution < 1.29 is 19.5 Å². The molecule has 2 amide bonds. The average molecular weight is 522 g/mol. The zero-order valence-electron chi connectivity index (χ0n) is 22.5. The fourth-order valence-electron chi connectivity index (χ4n) is 5.33. The van der Waals surface area contributed by atoms with Crippen LogP contribution in [0.15, 0.2) is 48.5 Å². The number of ether oxygens (including phenoxy) is 1. The Labute approximate surface area is 224 Å². The number of fused-ring (bicyclic) bond motifs is 1. The van der Waals surface area contributed by atoms with Gasteiger partial charge in [0.25, 0.3) is 11.8 Å². The van der Waals surface area contributed by atoms with Crippen molar-refractivity contribution >= 4 is 22.7 Å². The topological polar surface area (TPSA) is 110 Å². The molecule has 4 N–H and O–H groups in total. The maximum absolute atomic E-state index is 12.9. The summed E-state index contributed by atoms with van der Waals surface area (Å²) in [6.07, 6.45) is 3.05. The number of benzene rings is 2. The van der Waals surface area contributed by atoms with Gasteiger partial charge in [0.1, 0.15) is 18.4 Å². The van der Waals surface area contributed by atoms with E-state index < -0.39 is 11.9 Å². The molecule has 2 unspecified atom stereocenters. The van der Waals surface area contributed by atoms with Crippen molar-refractivity contribution in [3.63, 3.8) is 0 Å². The molecule has 0 aliphatic carbocycles. The van der Waals surface area contributed by atoms with E-state index in [1.807, 2.05) is 25.1 Å². The molecule has 204 valence electrons. The number of nitrogens with one attached hydrogen (secondary N) is 3. The van der Waals surface area contributed by atoms with E-state index in [-0.39, 0.29) is 12.5 Å². The lowest BCUT2D eigenvalue weighted by atomic mass is 10.0. The number of likely N-dealkylation sites (tertiary alicyclic amines) is 1. The third-order valence-corrected chi connectivity index (χ3v) is 7.34. The van der Waals surface area contributed by atoms with Crippen molar-refractivity contribution in [2.45, 2.75) is 38.8 Å². The number of para-hydroxylation sites is 1. The molecule has 1 aliphatic heterocycles. The van der Waals surface area contributed by atoms with Crippen LogP contribution in [0.2, 0.25) is 0 Å². The van der Waals surface area contributed by atoms with E-state index in [4.69, 9.17) is 4.74 Å². The number of carbonyl (C=O) groups is 2. The molecule has 1 saturated heterocycles. The van der Waals surface area contributed by atoms with Gasteiger partial charge in [-0.15, -0.1) is 0 Å². The predicted octanol–water partition coefficient (Wildman–Crippen LogP) is 3.32. The monoisotopic (exact) mass is 521 g/mol. The Kier molecular flexibility index (Phi) is 9.38. The van der Waals surface area contributed by atoms with E-state index in [1.165, 1.54) is 0 Å². The molecule has 1 fully saturated rings. The summed E-state index contributed by atoms with van der Waals surface area (Å²) in [4.78, 5) is 33.0. The molecule has 0 bridgehead atoms. The van der Waals surface area contributed by atoms with Gasteiger partial charge >= 0.3 is 0 Å². The van der Waals surface area contributed by atoms with Gasteiger partial charge in [0, 0.05) is 40.8 Å². The van der Waals surface area contributed by atoms with Gasteiger partial charge in [-0.25, -0.2) is 5.48 Å². The number of hydrogen-bond donors (Lipinski definition) is 4. The highest BCUT2D eigenvalue weighted by atomic mass is 16.5. The first kappa shape index (κ1) is 27.6. The fraction of sp³-hybridized carbons (Fsp3) is 0.448. The lowest BCUT2D eigenvalue weighted by Gasteiger charge is -2.29. The Balaban J connectivity index is 1.32. The number of aromatic nitrogens is 1. The summed E-state index contributed by atoms with van der Waals surface area (Å²) >= 11 is 0. The van der Waals surface area contributed by atoms with E-state index in [2.05, 4.69) is 40.3 Å². The van der Waals surface area contributed by atoms with Gasteiger partial charge in [0.2, 0.25) is 0 Å². The van der Waals surface area contributed by atoms with Crippen LogP contribution in [0.3, 0.4) is 0 Å². The number of rotatable bonds is 10. The minimum absolute atomic E-state index is 0.113. The number of H-pyrrole nitrogens is 1. The van der Waals surface area contributed by atoms with E-state index >= 15 is 0 Å². The molecule has 0 saturated carbocycles. The van der Waals surface area contributed by atoms with Crippen LogP contribution < -0.4 is 15.5 Å². The highest BCUT2D eigenvalue weighted by Crippen LogP contribution is 2.24. The van der Waals surface area contributed by atoms with Crippen LogP contribution >= 0.6 is 0 Å². The minimum Gasteiger partial charge on any atom is -0.489 e. The van der Waals surface area contributed by atoms with Gasteiger partial charge in [-0.2, -0.15) is 0 Å². The van der Waals surface area contributed by atoms with Gasteiger partial charge in [0.05, 0.1) is 0 Å². The second-order valence-corrected chi connectivity index (χ2v) is 10.4. The Bertz CT molecular complexity index is 1220. The van der Waals surface area contributed by atoms with Crippen molar-refractivity contribution in [3.8, 4) is 5.75 Å². The number of hydrogen-bond acceptors (Lipinski definition) is 6. The number of aryl methyl sites for hydroxylation is 1. The van der Waals surface area contributed by atoms with Gasteiger partial charge in [-0.1, -0.05) is 18.2 Å². The maximum atomic E-state index is 12.9. The van der Waals surface area contributed by atoms with Crippen LogP contribution in [0.25, 0.3) is 10.9 Å². The van der Waals surface area contributed by atoms with Crippen LogP contribution in [-0.4, -0.2) is 78.1 Å². The first-order chi connectivity index (χ1) is 18.4. The maximum Gasteiger partial charge on any atom is 0.262 e. The van der Waals surface area contributed by atoms with Gasteiger partial charge in [-0.3, -0.25) is 19.7 Å². The van der Waals surface area contributed by atoms with Crippen LogP contribution in [-0.2, 0) is 11.4 Å². The Morgan fingerprint density at radius 1 is 1.13 bits per heavy atom. The normalized spacial score (nSPS) is 17.2. The number of nitrogens with zero attached hydrogens (tertiary/aromatic N) is 2. The Hall–Kier alpha value is -3.40. The largest absolute Gasteiger partial charge is 0.489 e. The first-order valence-corrected chi connectivity index (χ1v) is 13.3. The van der Waals surface area contributed by atoms with Crippen molar-refractivity contribution in [3.05, 3.63) is 65.4 Å². The molecule has 2 atom stereocenters. The minimum atomic E-state index is -0.635. The van der Waals surface area contributed by atoms with Crippen LogP contribution in [0.1, 0.15) is 40.9 Å². The summed E-state index contributed by atoms with van der Waals surface area (Å²) in [6.45, 7) is 5.08. The van der Waals surface area contributed by atoms with E-state index in [0.29, 0.717) is 23.8 Å². The molecule has 3 aromatic rings. The van der Waals surface area contributed by atoms with E-state index in [1.54, 1.807) is 29.7 Å². The number of hydroxylamine groups is 1. The molecule has 9 nitrogen and oxygen atoms in total. The van der Waals surface area contributed by atoms with Gasteiger partial charge in [-0.05, 0) is 89.6 Å². The van der Waals surface area contributed by atoms with Crippen molar-refractivity contribution in [1.29, 1.82) is 0 Å². The van der Waals surface area contributed by atoms with Gasteiger partial charge in [0.15, 0.2) is 0 Å². The molecule has 0 radical (unpaired) electrons. The average Bonchev–Trinajstić information content (AvgIpc) is 3.06. The molecule has 9 heteroatoms. The Morgan fingerprint density at radius 2 is 1.89 bits per heavy atom. The van der Waals surface area contributed by atoms with Crippen LogP contribution in [0.4, 0.5) is 0 Å². The summed E-state index contributed by atoms with van der Waals surface area (Å²) in [5.41, 5.74) is 5.52. The summed E-state index contributed by atoms with van der Waals surface area (Å²) in [7, 11) is 4.15.